The third kappa shape index (κ3) is 5.81. The molecule has 2 N–H and O–H groups in total. The average molecular weight is 657 g/mol. The molecule has 3 aromatic carbocycles. The number of nitrogens with zero attached hydrogens (tertiary/aromatic N) is 2. The molecule has 0 saturated heterocycles. The molecule has 0 amide bonds. The first kappa shape index (κ1) is 30.9. The van der Waals surface area contributed by atoms with E-state index in [9.17, 15) is 10.1 Å². The Bertz CT molecular complexity index is 1740. The SMILES string of the molecule is Cc1cc(C)c(C2C(C#N)=C(N)N(c3ccc(Cl)c(Cl)c3)C3=C2C(=O)CC(C)(C)C3)cc1CSc1cc(Cl)ccc1Cl. The molecular formula is C33H29Cl4N3OS. The molecule has 42 heavy (non-hydrogen) atoms. The lowest BCUT2D eigenvalue weighted by molar-refractivity contribution is -0.118. The van der Waals surface area contributed by atoms with Crippen LogP contribution < -0.4 is 10.6 Å². The molecule has 216 valence electrons. The molecular weight excluding hydrogens is 628 g/mol. The van der Waals surface area contributed by atoms with Crippen molar-refractivity contribution in [1.29, 1.82) is 5.26 Å². The zero-order valence-corrected chi connectivity index (χ0v) is 27.5. The minimum Gasteiger partial charge on any atom is -0.384 e. The molecule has 4 nitrogen and oxygen atoms in total. The predicted molar refractivity (Wildman–Crippen MR) is 175 cm³/mol. The summed E-state index contributed by atoms with van der Waals surface area (Å²) in [5.41, 5.74) is 13.0. The number of allylic oxidation sites excluding steroid dienone is 3. The number of anilines is 1. The van der Waals surface area contributed by atoms with E-state index < -0.39 is 5.92 Å². The topological polar surface area (TPSA) is 70.1 Å². The summed E-state index contributed by atoms with van der Waals surface area (Å²) >= 11 is 26.9. The van der Waals surface area contributed by atoms with Crippen LogP contribution in [0.4, 0.5) is 5.69 Å². The van der Waals surface area contributed by atoms with E-state index in [1.165, 1.54) is 0 Å². The maximum atomic E-state index is 14.0. The van der Waals surface area contributed by atoms with Crippen LogP contribution in [0, 0.1) is 30.6 Å². The van der Waals surface area contributed by atoms with Gasteiger partial charge in [0.15, 0.2) is 5.78 Å². The van der Waals surface area contributed by atoms with Gasteiger partial charge in [-0.2, -0.15) is 5.26 Å². The van der Waals surface area contributed by atoms with Crippen LogP contribution in [0.25, 0.3) is 0 Å². The molecule has 0 saturated carbocycles. The van der Waals surface area contributed by atoms with Crippen molar-refractivity contribution in [2.45, 2.75) is 57.1 Å². The largest absolute Gasteiger partial charge is 0.384 e. The minimum absolute atomic E-state index is 0.0122. The normalized spacial score (nSPS) is 18.3. The maximum Gasteiger partial charge on any atom is 0.162 e. The summed E-state index contributed by atoms with van der Waals surface area (Å²) in [6, 6.07) is 17.2. The fourth-order valence-electron chi connectivity index (χ4n) is 5.86. The highest BCUT2D eigenvalue weighted by molar-refractivity contribution is 7.98. The molecule has 0 bridgehead atoms. The highest BCUT2D eigenvalue weighted by Crippen LogP contribution is 2.51. The number of hydrogen-bond acceptors (Lipinski definition) is 5. The quantitative estimate of drug-likeness (QED) is 0.277. The summed E-state index contributed by atoms with van der Waals surface area (Å²) in [6.07, 6.45) is 0.974. The number of aryl methyl sites for hydroxylation is 2. The van der Waals surface area contributed by atoms with Gasteiger partial charge < -0.3 is 5.73 Å². The van der Waals surface area contributed by atoms with Crippen LogP contribution in [-0.2, 0) is 10.5 Å². The number of ketones is 1. The summed E-state index contributed by atoms with van der Waals surface area (Å²) in [5.74, 6) is 0.339. The van der Waals surface area contributed by atoms with Crippen LogP contribution in [-0.4, -0.2) is 5.78 Å². The molecule has 0 radical (unpaired) electrons. The van der Waals surface area contributed by atoms with Crippen LogP contribution in [0.2, 0.25) is 20.1 Å². The number of thioether (sulfide) groups is 1. The van der Waals surface area contributed by atoms with Gasteiger partial charge in [0.05, 0.1) is 32.6 Å². The Hall–Kier alpha value is -2.59. The molecule has 0 aromatic heterocycles. The van der Waals surface area contributed by atoms with Gasteiger partial charge in [-0.05, 0) is 84.3 Å². The van der Waals surface area contributed by atoms with Gasteiger partial charge in [0.25, 0.3) is 0 Å². The number of rotatable bonds is 5. The van der Waals surface area contributed by atoms with E-state index in [-0.39, 0.29) is 17.0 Å². The van der Waals surface area contributed by atoms with Gasteiger partial charge >= 0.3 is 0 Å². The van der Waals surface area contributed by atoms with Crippen LogP contribution in [0.3, 0.4) is 0 Å². The van der Waals surface area contributed by atoms with Crippen molar-refractivity contribution in [2.24, 2.45) is 11.1 Å². The van der Waals surface area contributed by atoms with Crippen molar-refractivity contribution in [2.75, 3.05) is 4.90 Å². The summed E-state index contributed by atoms with van der Waals surface area (Å²) in [4.78, 5) is 16.7. The number of Topliss-reactive ketones (excluding diaryl/α,β-unsaturated/α-hetero) is 1. The van der Waals surface area contributed by atoms with Gasteiger partial charge in [-0.1, -0.05) is 72.4 Å². The third-order valence-electron chi connectivity index (χ3n) is 7.85. The van der Waals surface area contributed by atoms with Gasteiger partial charge in [-0.25, -0.2) is 0 Å². The Morgan fingerprint density at radius 2 is 1.69 bits per heavy atom. The van der Waals surface area contributed by atoms with Crippen LogP contribution >= 0.6 is 58.2 Å². The summed E-state index contributed by atoms with van der Waals surface area (Å²) in [7, 11) is 0. The summed E-state index contributed by atoms with van der Waals surface area (Å²) < 4.78 is 0. The first-order valence-corrected chi connectivity index (χ1v) is 15.9. The second kappa shape index (κ2) is 11.8. The van der Waals surface area contributed by atoms with Crippen molar-refractivity contribution in [1.82, 2.24) is 0 Å². The lowest BCUT2D eigenvalue weighted by atomic mass is 9.68. The molecule has 5 rings (SSSR count). The first-order chi connectivity index (χ1) is 19.8. The van der Waals surface area contributed by atoms with Crippen molar-refractivity contribution in [3.05, 3.63) is 114 Å². The maximum absolute atomic E-state index is 14.0. The molecule has 1 atom stereocenters. The van der Waals surface area contributed by atoms with Crippen molar-refractivity contribution < 1.29 is 4.79 Å². The van der Waals surface area contributed by atoms with Gasteiger partial charge in [0, 0.05) is 39.0 Å². The molecule has 3 aromatic rings. The molecule has 1 heterocycles. The summed E-state index contributed by atoms with van der Waals surface area (Å²) in [6.45, 7) is 8.22. The molecule has 0 fully saturated rings. The fraction of sp³-hybridized carbons (Fsp3) is 0.273. The molecule has 9 heteroatoms. The Morgan fingerprint density at radius 1 is 0.976 bits per heavy atom. The van der Waals surface area contributed by atoms with E-state index in [1.54, 1.807) is 42.1 Å². The Morgan fingerprint density at radius 3 is 2.38 bits per heavy atom. The number of hydrogen-bond donors (Lipinski definition) is 1. The molecule has 1 unspecified atom stereocenters. The van der Waals surface area contributed by atoms with Gasteiger partial charge in [0.2, 0.25) is 0 Å². The van der Waals surface area contributed by atoms with E-state index in [0.29, 0.717) is 55.5 Å². The number of carbonyl (C=O) groups is 1. The monoisotopic (exact) mass is 655 g/mol. The van der Waals surface area contributed by atoms with E-state index in [2.05, 4.69) is 39.0 Å². The second-order valence-corrected chi connectivity index (χ2v) is 14.3. The highest BCUT2D eigenvalue weighted by atomic mass is 35.5. The van der Waals surface area contributed by atoms with Crippen molar-refractivity contribution >= 4 is 69.6 Å². The first-order valence-electron chi connectivity index (χ1n) is 13.4. The molecule has 1 aliphatic heterocycles. The van der Waals surface area contributed by atoms with E-state index in [1.807, 2.05) is 17.9 Å². The average Bonchev–Trinajstić information content (AvgIpc) is 2.90. The minimum atomic E-state index is -0.591. The smallest absolute Gasteiger partial charge is 0.162 e. The Kier molecular flexibility index (Phi) is 8.69. The third-order valence-corrected chi connectivity index (χ3v) is 10.4. The number of benzene rings is 3. The van der Waals surface area contributed by atoms with Crippen LogP contribution in [0.1, 0.15) is 54.9 Å². The predicted octanol–water partition coefficient (Wildman–Crippen LogP) is 10.2. The van der Waals surface area contributed by atoms with E-state index in [0.717, 1.165) is 32.8 Å². The zero-order valence-electron chi connectivity index (χ0n) is 23.6. The fourth-order valence-corrected chi connectivity index (χ4v) is 7.71. The van der Waals surface area contributed by atoms with E-state index in [4.69, 9.17) is 52.1 Å². The lowest BCUT2D eigenvalue weighted by Crippen LogP contribution is -2.42. The highest BCUT2D eigenvalue weighted by Gasteiger charge is 2.45. The molecule has 2 aliphatic rings. The van der Waals surface area contributed by atoms with Crippen molar-refractivity contribution in [3.63, 3.8) is 0 Å². The van der Waals surface area contributed by atoms with Crippen molar-refractivity contribution in [3.8, 4) is 6.07 Å². The second-order valence-electron chi connectivity index (χ2n) is 11.6. The number of nitrogens with two attached hydrogens (primary N) is 1. The zero-order chi connectivity index (χ0) is 30.5. The number of nitriles is 1. The Balaban J connectivity index is 1.67. The van der Waals surface area contributed by atoms with E-state index >= 15 is 0 Å². The van der Waals surface area contributed by atoms with Gasteiger partial charge in [-0.3, -0.25) is 9.69 Å². The Labute approximate surface area is 271 Å². The number of carbonyl (C=O) groups excluding carboxylic acids is 1. The van der Waals surface area contributed by atoms with Crippen LogP contribution in [0.5, 0.6) is 0 Å². The lowest BCUT2D eigenvalue weighted by Gasteiger charge is -2.44. The summed E-state index contributed by atoms with van der Waals surface area (Å²) in [5, 5.41) is 12.6. The van der Waals surface area contributed by atoms with Crippen LogP contribution in [0.15, 0.2) is 76.1 Å². The standard InChI is InChI=1S/C33H29Cl4N3OS/c1-17-9-18(2)22(10-19(17)16-42-29-11-20(34)5-7-25(29)36)30-23(15-38)32(39)40(21-6-8-24(35)26(37)12-21)27-13-33(3,4)14-28(41)31(27)30/h5-12,30H,13-14,16,39H2,1-4H3. The van der Waals surface area contributed by atoms with Gasteiger partial charge in [0.1, 0.15) is 5.82 Å². The molecule has 1 aliphatic carbocycles. The number of halogens is 4. The van der Waals surface area contributed by atoms with Gasteiger partial charge in [-0.15, -0.1) is 11.8 Å². The molecule has 0 spiro atoms.